The molecule has 0 atom stereocenters. The van der Waals surface area contributed by atoms with Crippen LogP contribution in [0.2, 0.25) is 0 Å². The molecule has 0 amide bonds. The first-order chi connectivity index (χ1) is 0. The van der Waals surface area contributed by atoms with Gasteiger partial charge in [-0.2, -0.15) is 0 Å². The molecule has 0 aromatic rings. The van der Waals surface area contributed by atoms with Gasteiger partial charge in [0.2, 0.25) is 0 Å². The maximum Gasteiger partial charge on any atom is 5.00 e. The minimum absolute atomic E-state index is 0. The number of rotatable bonds is 0. The third-order valence-electron chi connectivity index (χ3n) is 0. The molecule has 0 radical (unpaired) electrons. The smallest absolute Gasteiger partial charge is 1.00 e. The predicted molar refractivity (Wildman–Crippen MR) is 21.7 cm³/mol. The van der Waals surface area contributed by atoms with Crippen LogP contribution in [-0.4, -0.2) is 0 Å². The van der Waals surface area contributed by atoms with Crippen molar-refractivity contribution >= 4 is 37.2 Å². The average molecular weight is 468 g/mol. The van der Waals surface area contributed by atoms with Gasteiger partial charge in [0.15, 0.2) is 0 Å². The molecule has 64 valence electrons. The summed E-state index contributed by atoms with van der Waals surface area (Å²) in [6, 6.07) is 0. The van der Waals surface area contributed by atoms with Gasteiger partial charge in [0.1, 0.15) is 0 Å². The van der Waals surface area contributed by atoms with E-state index in [0.29, 0.717) is 0 Å². The first-order valence-electron chi connectivity index (χ1n) is 0. The van der Waals surface area contributed by atoms with Gasteiger partial charge in [-0.3, -0.25) is 0 Å². The second-order valence-electron chi connectivity index (χ2n) is 0. The number of halogens is 8. The fourth-order valence-electron chi connectivity index (χ4n) is 0. The molecule has 9 heavy (non-hydrogen) atoms. The molecule has 0 aromatic heterocycles. The summed E-state index contributed by atoms with van der Waals surface area (Å²) in [7, 11) is 0. The molecule has 0 N–H and O–H groups in total. The van der Waals surface area contributed by atoms with Gasteiger partial charge in [0.05, 0.1) is 0 Å². The van der Waals surface area contributed by atoms with Crippen molar-refractivity contribution in [1.29, 1.82) is 0 Å². The van der Waals surface area contributed by atoms with Crippen LogP contribution < -0.4 is 62.0 Å². The molecule has 0 rings (SSSR count). The van der Waals surface area contributed by atoms with Crippen LogP contribution in [-0.2, 0) is 22.4 Å². The first-order valence-corrected chi connectivity index (χ1v) is 0. The van der Waals surface area contributed by atoms with E-state index in [-0.39, 0.29) is 122 Å². The topological polar surface area (TPSA) is 0 Å². The Labute approximate surface area is 120 Å². The van der Waals surface area contributed by atoms with Crippen molar-refractivity contribution in [2.75, 3.05) is 0 Å². The van der Waals surface area contributed by atoms with Crippen LogP contribution in [0.5, 0.6) is 0 Å². The molecule has 0 fully saturated rings. The molecule has 0 spiro atoms. The summed E-state index contributed by atoms with van der Waals surface area (Å²) in [5.41, 5.74) is 0. The van der Waals surface area contributed by atoms with Gasteiger partial charge in [-0.1, -0.05) is 0 Å². The normalized spacial score (nSPS) is 0. The van der Waals surface area contributed by atoms with Gasteiger partial charge in [-0.25, -0.2) is 0 Å². The number of hydrogen-bond acceptors (Lipinski definition) is 0. The van der Waals surface area contributed by atoms with E-state index in [2.05, 4.69) is 0 Å². The standard InChI is InChI=1S/8ClH.Ta/h8*1H;/q;;;;;;;;+5/p-5. The summed E-state index contributed by atoms with van der Waals surface area (Å²) < 4.78 is 0. The third-order valence-corrected chi connectivity index (χ3v) is 0. The Kier molecular flexibility index (Phi) is 2090. The molecule has 0 aromatic carbocycles. The maximum atomic E-state index is 0. The van der Waals surface area contributed by atoms with Crippen LogP contribution in [0.3, 0.4) is 0 Å². The van der Waals surface area contributed by atoms with E-state index in [1.165, 1.54) is 0 Å². The Bertz CT molecular complexity index is 4.53. The average Bonchev–Trinajstić information content (AvgIpc) is 0. The Balaban J connectivity index is 0. The van der Waals surface area contributed by atoms with E-state index in [0.717, 1.165) is 0 Å². The summed E-state index contributed by atoms with van der Waals surface area (Å²) in [6.07, 6.45) is 0. The minimum atomic E-state index is 0. The zero-order valence-electron chi connectivity index (χ0n) is 3.56. The van der Waals surface area contributed by atoms with Crippen LogP contribution in [0, 0.1) is 0 Å². The van der Waals surface area contributed by atoms with Crippen molar-refractivity contribution in [3.05, 3.63) is 0 Å². The molecule has 0 aliphatic rings. The molecule has 0 aliphatic heterocycles. The Hall–Kier alpha value is 3.06. The Morgan fingerprint density at radius 2 is 0.333 bits per heavy atom. The van der Waals surface area contributed by atoms with E-state index >= 15 is 0 Å². The van der Waals surface area contributed by atoms with Gasteiger partial charge in [0.25, 0.3) is 0 Å². The van der Waals surface area contributed by atoms with Gasteiger partial charge < -0.3 is 62.0 Å². The van der Waals surface area contributed by atoms with E-state index in [9.17, 15) is 0 Å². The van der Waals surface area contributed by atoms with Gasteiger partial charge in [-0.15, -0.1) is 37.2 Å². The molecule has 0 nitrogen and oxygen atoms in total. The van der Waals surface area contributed by atoms with Crippen LogP contribution >= 0.6 is 37.2 Å². The summed E-state index contributed by atoms with van der Waals surface area (Å²) in [6.45, 7) is 0. The van der Waals surface area contributed by atoms with Crippen LogP contribution in [0.1, 0.15) is 0 Å². The molecular weight excluding hydrogens is 465 g/mol. The fraction of sp³-hybridized carbons (Fsp3) is 0. The zero-order chi connectivity index (χ0) is 0. The summed E-state index contributed by atoms with van der Waals surface area (Å²) >= 11 is 0. The summed E-state index contributed by atoms with van der Waals surface area (Å²) in [5.74, 6) is 0. The first kappa shape index (κ1) is 158. The van der Waals surface area contributed by atoms with E-state index in [1.807, 2.05) is 0 Å². The second kappa shape index (κ2) is 120. The largest absolute Gasteiger partial charge is 5.00 e. The SMILES string of the molecule is Cl.Cl.Cl.[Cl-].[Cl-].[Cl-].[Cl-].[Cl-].[Ta+5]. The third kappa shape index (κ3) is 96.9. The minimum Gasteiger partial charge on any atom is -1.00 e. The van der Waals surface area contributed by atoms with Crippen molar-refractivity contribution < 1.29 is 84.4 Å². The van der Waals surface area contributed by atoms with E-state index in [4.69, 9.17) is 0 Å². The van der Waals surface area contributed by atoms with Crippen LogP contribution in [0.25, 0.3) is 0 Å². The molecular formula is H3Cl8Ta. The molecule has 0 aliphatic carbocycles. The van der Waals surface area contributed by atoms with Crippen molar-refractivity contribution in [2.45, 2.75) is 0 Å². The molecule has 0 heterocycles. The molecule has 0 unspecified atom stereocenters. The van der Waals surface area contributed by atoms with Crippen molar-refractivity contribution in [3.8, 4) is 0 Å². The summed E-state index contributed by atoms with van der Waals surface area (Å²) in [5, 5.41) is 0. The van der Waals surface area contributed by atoms with E-state index < -0.39 is 0 Å². The Morgan fingerprint density at radius 3 is 0.333 bits per heavy atom. The van der Waals surface area contributed by atoms with Crippen LogP contribution in [0.4, 0.5) is 0 Å². The zero-order valence-corrected chi connectivity index (χ0v) is 13.0. The predicted octanol–water partition coefficient (Wildman–Crippen LogP) is -13.7. The van der Waals surface area contributed by atoms with Crippen molar-refractivity contribution in [3.63, 3.8) is 0 Å². The van der Waals surface area contributed by atoms with Crippen molar-refractivity contribution in [2.24, 2.45) is 0 Å². The van der Waals surface area contributed by atoms with Crippen LogP contribution in [0.15, 0.2) is 0 Å². The van der Waals surface area contributed by atoms with Crippen molar-refractivity contribution in [1.82, 2.24) is 0 Å². The quantitative estimate of drug-likeness (QED) is 0.332. The van der Waals surface area contributed by atoms with Gasteiger partial charge >= 0.3 is 22.4 Å². The molecule has 0 bridgehead atoms. The molecule has 9 heteroatoms. The second-order valence-corrected chi connectivity index (χ2v) is 0. The monoisotopic (exact) mass is 464 g/mol. The Morgan fingerprint density at radius 1 is 0.333 bits per heavy atom. The maximum absolute atomic E-state index is 0. The van der Waals surface area contributed by atoms with E-state index in [1.54, 1.807) is 0 Å². The fourth-order valence-corrected chi connectivity index (χ4v) is 0. The summed E-state index contributed by atoms with van der Waals surface area (Å²) in [4.78, 5) is 0. The molecule has 0 saturated carbocycles. The van der Waals surface area contributed by atoms with Gasteiger partial charge in [0, 0.05) is 0 Å². The molecule has 0 saturated heterocycles. The van der Waals surface area contributed by atoms with Gasteiger partial charge in [-0.05, 0) is 0 Å². The number of hydrogen-bond donors (Lipinski definition) is 0.